The van der Waals surface area contributed by atoms with Crippen LogP contribution in [0.25, 0.3) is 10.6 Å². The number of nitrogens with zero attached hydrogens (tertiary/aromatic N) is 2. The average molecular weight is 358 g/mol. The first-order valence-electron chi connectivity index (χ1n) is 6.85. The lowest BCUT2D eigenvalue weighted by molar-refractivity contribution is 0.0739. The lowest BCUT2D eigenvalue weighted by atomic mass is 10.2. The van der Waals surface area contributed by atoms with Gasteiger partial charge in [-0.1, -0.05) is 29.8 Å². The fourth-order valence-corrected chi connectivity index (χ4v) is 3.56. The molecule has 1 saturated heterocycles. The van der Waals surface area contributed by atoms with Crippen LogP contribution in [0.3, 0.4) is 0 Å². The van der Waals surface area contributed by atoms with Crippen LogP contribution in [0, 0.1) is 0 Å². The summed E-state index contributed by atoms with van der Waals surface area (Å²) >= 11 is 7.62. The lowest BCUT2D eigenvalue weighted by Gasteiger charge is -2.22. The van der Waals surface area contributed by atoms with Gasteiger partial charge in [0.2, 0.25) is 0 Å². The molecule has 3 rings (SSSR count). The highest BCUT2D eigenvalue weighted by Crippen LogP contribution is 2.30. The topological polar surface area (TPSA) is 45.2 Å². The maximum absolute atomic E-state index is 12.5. The van der Waals surface area contributed by atoms with E-state index >= 15 is 0 Å². The largest absolute Gasteiger partial charge is 0.336 e. The van der Waals surface area contributed by atoms with E-state index in [1.54, 1.807) is 10.3 Å². The third-order valence-electron chi connectivity index (χ3n) is 3.73. The number of rotatable bonds is 3. The molecular weight excluding hydrogens is 341 g/mol. The molecule has 0 saturated carbocycles. The first-order chi connectivity index (χ1) is 10.2. The van der Waals surface area contributed by atoms with Crippen molar-refractivity contribution in [2.45, 2.75) is 12.5 Å². The Morgan fingerprint density at radius 3 is 2.91 bits per heavy atom. The fraction of sp³-hybridized carbons (Fsp3) is 0.333. The summed E-state index contributed by atoms with van der Waals surface area (Å²) in [4.78, 5) is 18.7. The molecule has 0 bridgehead atoms. The van der Waals surface area contributed by atoms with E-state index in [9.17, 15) is 4.79 Å². The Morgan fingerprint density at radius 2 is 2.23 bits per heavy atom. The Morgan fingerprint density at radius 1 is 1.45 bits per heavy atom. The number of halogens is 2. The van der Waals surface area contributed by atoms with E-state index < -0.39 is 0 Å². The Balaban J connectivity index is 0.00000176. The van der Waals surface area contributed by atoms with Crippen LogP contribution in [-0.2, 0) is 0 Å². The van der Waals surface area contributed by atoms with Crippen LogP contribution in [-0.4, -0.2) is 42.0 Å². The van der Waals surface area contributed by atoms with Gasteiger partial charge in [-0.2, -0.15) is 0 Å². The van der Waals surface area contributed by atoms with Crippen molar-refractivity contribution >= 4 is 41.3 Å². The van der Waals surface area contributed by atoms with Crippen LogP contribution >= 0.6 is 35.3 Å². The van der Waals surface area contributed by atoms with Crippen molar-refractivity contribution in [1.82, 2.24) is 15.2 Å². The van der Waals surface area contributed by atoms with Gasteiger partial charge in [0.15, 0.2) is 0 Å². The van der Waals surface area contributed by atoms with E-state index in [0.29, 0.717) is 10.7 Å². The molecule has 4 nitrogen and oxygen atoms in total. The Hall–Kier alpha value is -1.14. The van der Waals surface area contributed by atoms with Gasteiger partial charge in [-0.3, -0.25) is 4.79 Å². The van der Waals surface area contributed by atoms with Gasteiger partial charge in [0.25, 0.3) is 5.91 Å². The number of carbonyl (C=O) groups is 1. The standard InChI is InChI=1S/C15H16ClN3OS.ClH/c1-19(10-6-7-17-8-10)15(20)13-9-21-14(18-13)11-4-2-3-5-12(11)16;/h2-5,9-10,17H,6-8H2,1H3;1H. The SMILES string of the molecule is CN(C(=O)c1csc(-c2ccccc2Cl)n1)C1CCNC1.Cl. The van der Waals surface area contributed by atoms with Crippen LogP contribution in [0.15, 0.2) is 29.6 Å². The number of hydrogen-bond acceptors (Lipinski definition) is 4. The van der Waals surface area contributed by atoms with Crippen molar-refractivity contribution in [3.8, 4) is 10.6 Å². The molecule has 2 heterocycles. The minimum absolute atomic E-state index is 0. The summed E-state index contributed by atoms with van der Waals surface area (Å²) in [6.07, 6.45) is 0.990. The monoisotopic (exact) mass is 357 g/mol. The van der Waals surface area contributed by atoms with Crippen LogP contribution < -0.4 is 5.32 Å². The number of amides is 1. The smallest absolute Gasteiger partial charge is 0.273 e. The first-order valence-corrected chi connectivity index (χ1v) is 8.11. The molecule has 1 amide bonds. The molecule has 1 aliphatic heterocycles. The molecule has 0 aliphatic carbocycles. The van der Waals surface area contributed by atoms with Crippen molar-refractivity contribution in [3.05, 3.63) is 40.4 Å². The van der Waals surface area contributed by atoms with Gasteiger partial charge in [0, 0.05) is 30.6 Å². The molecule has 1 aliphatic rings. The number of nitrogens with one attached hydrogen (secondary N) is 1. The second kappa shape index (κ2) is 7.42. The van der Waals surface area contributed by atoms with Gasteiger partial charge in [0.1, 0.15) is 10.7 Å². The first kappa shape index (κ1) is 17.2. The molecule has 2 aromatic rings. The fourth-order valence-electron chi connectivity index (χ4n) is 2.45. The normalized spacial score (nSPS) is 17.1. The summed E-state index contributed by atoms with van der Waals surface area (Å²) in [5.74, 6) is -0.0294. The minimum atomic E-state index is -0.0294. The van der Waals surface area contributed by atoms with E-state index in [1.165, 1.54) is 11.3 Å². The predicted molar refractivity (Wildman–Crippen MR) is 93.2 cm³/mol. The van der Waals surface area contributed by atoms with E-state index in [0.717, 1.165) is 30.1 Å². The zero-order chi connectivity index (χ0) is 14.8. The molecule has 1 atom stereocenters. The van der Waals surface area contributed by atoms with Crippen LogP contribution in [0.2, 0.25) is 5.02 Å². The van der Waals surface area contributed by atoms with Crippen molar-refractivity contribution < 1.29 is 4.79 Å². The van der Waals surface area contributed by atoms with Crippen molar-refractivity contribution in [1.29, 1.82) is 0 Å². The highest BCUT2D eigenvalue weighted by atomic mass is 35.5. The number of likely N-dealkylation sites (N-methyl/N-ethyl adjacent to an activating group) is 1. The summed E-state index contributed by atoms with van der Waals surface area (Å²) in [6.45, 7) is 1.81. The molecule has 1 fully saturated rings. The minimum Gasteiger partial charge on any atom is -0.336 e. The molecule has 22 heavy (non-hydrogen) atoms. The van der Waals surface area contributed by atoms with Crippen molar-refractivity contribution in [2.24, 2.45) is 0 Å². The summed E-state index contributed by atoms with van der Waals surface area (Å²) < 4.78 is 0. The number of carbonyl (C=O) groups excluding carboxylic acids is 1. The zero-order valence-electron chi connectivity index (χ0n) is 12.1. The molecule has 118 valence electrons. The number of hydrogen-bond donors (Lipinski definition) is 1. The van der Waals surface area contributed by atoms with Crippen LogP contribution in [0.4, 0.5) is 0 Å². The highest BCUT2D eigenvalue weighted by Gasteiger charge is 2.25. The van der Waals surface area contributed by atoms with Crippen molar-refractivity contribution in [2.75, 3.05) is 20.1 Å². The summed E-state index contributed by atoms with van der Waals surface area (Å²) in [7, 11) is 1.84. The maximum atomic E-state index is 12.5. The molecule has 1 N–H and O–H groups in total. The molecule has 1 aromatic heterocycles. The molecular formula is C15H17Cl2N3OS. The van der Waals surface area contributed by atoms with Gasteiger partial charge in [-0.15, -0.1) is 23.7 Å². The molecule has 0 radical (unpaired) electrons. The summed E-state index contributed by atoms with van der Waals surface area (Å²) in [6, 6.07) is 7.80. The zero-order valence-corrected chi connectivity index (χ0v) is 14.5. The van der Waals surface area contributed by atoms with Gasteiger partial charge < -0.3 is 10.2 Å². The molecule has 7 heteroatoms. The number of aromatic nitrogens is 1. The molecule has 1 aromatic carbocycles. The molecule has 1 unspecified atom stereocenters. The highest BCUT2D eigenvalue weighted by molar-refractivity contribution is 7.13. The van der Waals surface area contributed by atoms with Gasteiger partial charge >= 0.3 is 0 Å². The lowest BCUT2D eigenvalue weighted by Crippen LogP contribution is -2.38. The maximum Gasteiger partial charge on any atom is 0.273 e. The Labute approximate surface area is 144 Å². The second-order valence-corrected chi connectivity index (χ2v) is 6.35. The van der Waals surface area contributed by atoms with Gasteiger partial charge in [-0.25, -0.2) is 4.98 Å². The number of thiazole rings is 1. The van der Waals surface area contributed by atoms with Gasteiger partial charge in [-0.05, 0) is 19.0 Å². The number of benzene rings is 1. The van der Waals surface area contributed by atoms with E-state index in [4.69, 9.17) is 11.6 Å². The summed E-state index contributed by atoms with van der Waals surface area (Å²) in [5.41, 5.74) is 1.36. The second-order valence-electron chi connectivity index (χ2n) is 5.08. The van der Waals surface area contributed by atoms with E-state index in [1.807, 2.05) is 31.3 Å². The van der Waals surface area contributed by atoms with Crippen LogP contribution in [0.1, 0.15) is 16.9 Å². The quantitative estimate of drug-likeness (QED) is 0.916. The van der Waals surface area contributed by atoms with Crippen molar-refractivity contribution in [3.63, 3.8) is 0 Å². The third-order valence-corrected chi connectivity index (χ3v) is 4.94. The van der Waals surface area contributed by atoms with E-state index in [2.05, 4.69) is 10.3 Å². The Bertz CT molecular complexity index is 656. The summed E-state index contributed by atoms with van der Waals surface area (Å²) in [5, 5.41) is 6.51. The van der Waals surface area contributed by atoms with Gasteiger partial charge in [0.05, 0.1) is 5.02 Å². The molecule has 0 spiro atoms. The Kier molecular flexibility index (Phi) is 5.81. The van der Waals surface area contributed by atoms with Crippen LogP contribution in [0.5, 0.6) is 0 Å². The third kappa shape index (κ3) is 3.43. The predicted octanol–water partition coefficient (Wildman–Crippen LogP) is 3.32. The van der Waals surface area contributed by atoms with E-state index in [-0.39, 0.29) is 24.4 Å². The average Bonchev–Trinajstić information content (AvgIpc) is 3.17.